The van der Waals surface area contributed by atoms with Gasteiger partial charge in [0.1, 0.15) is 0 Å². The predicted octanol–water partition coefficient (Wildman–Crippen LogP) is 1.57. The summed E-state index contributed by atoms with van der Waals surface area (Å²) in [6.45, 7) is 2.90. The van der Waals surface area contributed by atoms with Crippen molar-refractivity contribution in [1.82, 2.24) is 9.80 Å². The van der Waals surface area contributed by atoms with E-state index in [1.807, 2.05) is 0 Å². The molecule has 6 nitrogen and oxygen atoms in total. The Balaban J connectivity index is 1.45. The van der Waals surface area contributed by atoms with Crippen molar-refractivity contribution in [3.63, 3.8) is 0 Å². The highest BCUT2D eigenvalue weighted by Crippen LogP contribution is 2.41. The summed E-state index contributed by atoms with van der Waals surface area (Å²) in [7, 11) is 0. The molecule has 2 saturated heterocycles. The smallest absolute Gasteiger partial charge is 0.254 e. The van der Waals surface area contributed by atoms with Gasteiger partial charge in [-0.2, -0.15) is 4.73 Å². The summed E-state index contributed by atoms with van der Waals surface area (Å²) in [5.41, 5.74) is 0.129. The second-order valence-electron chi connectivity index (χ2n) is 7.86. The number of hydrogen-bond acceptors (Lipinski definition) is 3. The normalized spacial score (nSPS) is 27.0. The van der Waals surface area contributed by atoms with Crippen LogP contribution in [0.25, 0.3) is 0 Å². The molecule has 3 fully saturated rings. The van der Waals surface area contributed by atoms with Gasteiger partial charge in [-0.1, -0.05) is 6.42 Å². The van der Waals surface area contributed by atoms with Gasteiger partial charge in [-0.3, -0.25) is 9.59 Å². The second-order valence-corrected chi connectivity index (χ2v) is 7.86. The van der Waals surface area contributed by atoms with E-state index in [0.717, 1.165) is 32.4 Å². The summed E-state index contributed by atoms with van der Waals surface area (Å²) in [5, 5.41) is 11.1. The topological polar surface area (TPSA) is 67.6 Å². The number of rotatable bonds is 3. The van der Waals surface area contributed by atoms with Gasteiger partial charge in [0.25, 0.3) is 5.91 Å². The van der Waals surface area contributed by atoms with Crippen LogP contribution in [-0.4, -0.2) is 47.8 Å². The van der Waals surface area contributed by atoms with Crippen molar-refractivity contribution >= 4 is 11.8 Å². The molecule has 1 saturated carbocycles. The minimum Gasteiger partial charge on any atom is -0.619 e. The molecule has 1 aromatic rings. The maximum Gasteiger partial charge on any atom is 0.254 e. The van der Waals surface area contributed by atoms with Crippen LogP contribution in [0.5, 0.6) is 0 Å². The fourth-order valence-electron chi connectivity index (χ4n) is 4.48. The molecule has 1 spiro atoms. The Hall–Kier alpha value is -2.11. The summed E-state index contributed by atoms with van der Waals surface area (Å²) in [4.78, 5) is 29.7. The molecule has 1 aliphatic carbocycles. The lowest BCUT2D eigenvalue weighted by Gasteiger charge is -2.42. The van der Waals surface area contributed by atoms with Crippen LogP contribution in [0.1, 0.15) is 48.9 Å². The fourth-order valence-corrected chi connectivity index (χ4v) is 4.48. The minimum absolute atomic E-state index is 0.0820. The minimum atomic E-state index is -0.384. The molecule has 0 bridgehead atoms. The first-order valence-corrected chi connectivity index (χ1v) is 9.35. The van der Waals surface area contributed by atoms with Gasteiger partial charge < -0.3 is 15.0 Å². The Morgan fingerprint density at radius 3 is 2.64 bits per heavy atom. The van der Waals surface area contributed by atoms with E-state index in [9.17, 15) is 14.8 Å². The number of pyridine rings is 1. The zero-order valence-corrected chi connectivity index (χ0v) is 14.5. The maximum atomic E-state index is 13.1. The molecule has 134 valence electrons. The highest BCUT2D eigenvalue weighted by atomic mass is 16.5. The Morgan fingerprint density at radius 1 is 1.20 bits per heavy atom. The lowest BCUT2D eigenvalue weighted by atomic mass is 9.77. The van der Waals surface area contributed by atoms with E-state index in [0.29, 0.717) is 29.3 Å². The van der Waals surface area contributed by atoms with Crippen LogP contribution in [0.4, 0.5) is 0 Å². The van der Waals surface area contributed by atoms with Gasteiger partial charge in [-0.15, -0.1) is 0 Å². The second kappa shape index (κ2) is 6.32. The van der Waals surface area contributed by atoms with E-state index in [1.54, 1.807) is 17.0 Å². The number of carbonyl (C=O) groups excluding carboxylic acids is 2. The van der Waals surface area contributed by atoms with Crippen molar-refractivity contribution in [2.24, 2.45) is 11.3 Å². The van der Waals surface area contributed by atoms with E-state index in [1.165, 1.54) is 31.7 Å². The Bertz CT molecular complexity index is 671. The van der Waals surface area contributed by atoms with Crippen molar-refractivity contribution in [2.75, 3.05) is 26.2 Å². The van der Waals surface area contributed by atoms with E-state index in [2.05, 4.69) is 4.90 Å². The number of aromatic nitrogens is 1. The lowest BCUT2D eigenvalue weighted by Crippen LogP contribution is -2.52. The lowest BCUT2D eigenvalue weighted by molar-refractivity contribution is -0.605. The van der Waals surface area contributed by atoms with Gasteiger partial charge in [0.15, 0.2) is 12.4 Å². The number of nitrogens with zero attached hydrogens (tertiary/aromatic N) is 3. The molecule has 0 aromatic carbocycles. The third-order valence-corrected chi connectivity index (χ3v) is 6.22. The van der Waals surface area contributed by atoms with Gasteiger partial charge >= 0.3 is 0 Å². The van der Waals surface area contributed by atoms with E-state index in [4.69, 9.17) is 0 Å². The Morgan fingerprint density at radius 2 is 1.96 bits per heavy atom. The van der Waals surface area contributed by atoms with Crippen molar-refractivity contribution in [3.8, 4) is 0 Å². The molecule has 1 atom stereocenters. The molecule has 2 amide bonds. The molecule has 25 heavy (non-hydrogen) atoms. The number of hydrogen-bond donors (Lipinski definition) is 0. The molecule has 1 unspecified atom stereocenters. The summed E-state index contributed by atoms with van der Waals surface area (Å²) in [6, 6.07) is 3.10. The first-order chi connectivity index (χ1) is 12.1. The maximum absolute atomic E-state index is 13.1. The van der Waals surface area contributed by atoms with Gasteiger partial charge in [-0.25, -0.2) is 0 Å². The van der Waals surface area contributed by atoms with Crippen molar-refractivity contribution < 1.29 is 14.3 Å². The molecule has 0 N–H and O–H groups in total. The third kappa shape index (κ3) is 2.98. The third-order valence-electron chi connectivity index (χ3n) is 6.22. The molecule has 0 radical (unpaired) electrons. The largest absolute Gasteiger partial charge is 0.619 e. The van der Waals surface area contributed by atoms with Gasteiger partial charge in [0, 0.05) is 38.3 Å². The van der Waals surface area contributed by atoms with Crippen LogP contribution in [0.3, 0.4) is 0 Å². The predicted molar refractivity (Wildman–Crippen MR) is 91.5 cm³/mol. The van der Waals surface area contributed by atoms with Crippen molar-refractivity contribution in [2.45, 2.75) is 38.5 Å². The van der Waals surface area contributed by atoms with Gasteiger partial charge in [0.05, 0.1) is 11.0 Å². The van der Waals surface area contributed by atoms with E-state index in [-0.39, 0.29) is 17.2 Å². The standard InChI is InChI=1S/C19H25N3O3/c23-17(16-5-10-22(25)11-6-16)21-12-8-19(14-21)7-2-9-20(18(19)24)13-15-3-1-4-15/h5-6,10-11,15H,1-4,7-9,12-14H2. The van der Waals surface area contributed by atoms with Crippen molar-refractivity contribution in [1.29, 1.82) is 0 Å². The fraction of sp³-hybridized carbons (Fsp3) is 0.632. The van der Waals surface area contributed by atoms with Gasteiger partial charge in [0.2, 0.25) is 5.91 Å². The molecular formula is C19H25N3O3. The monoisotopic (exact) mass is 343 g/mol. The summed E-state index contributed by atoms with van der Waals surface area (Å²) in [5.74, 6) is 0.856. The molecule has 4 rings (SSSR count). The highest BCUT2D eigenvalue weighted by Gasteiger charge is 2.49. The molecule has 2 aliphatic heterocycles. The highest BCUT2D eigenvalue weighted by molar-refractivity contribution is 5.95. The average Bonchev–Trinajstić information content (AvgIpc) is 3.00. The van der Waals surface area contributed by atoms with Crippen molar-refractivity contribution in [3.05, 3.63) is 35.3 Å². The zero-order valence-electron chi connectivity index (χ0n) is 14.5. The van der Waals surface area contributed by atoms with E-state index >= 15 is 0 Å². The number of likely N-dealkylation sites (tertiary alicyclic amines) is 2. The molecular weight excluding hydrogens is 318 g/mol. The molecule has 6 heteroatoms. The number of amides is 2. The average molecular weight is 343 g/mol. The SMILES string of the molecule is O=C(c1cc[n+]([O-])cc1)N1CCC2(CCCN(CC3CCC3)C2=O)C1. The summed E-state index contributed by atoms with van der Waals surface area (Å²) in [6.07, 6.45) is 9.13. The molecule has 3 aliphatic rings. The first kappa shape index (κ1) is 16.4. The van der Waals surface area contributed by atoms with Crippen LogP contribution in [0.2, 0.25) is 0 Å². The van der Waals surface area contributed by atoms with Crippen LogP contribution >= 0.6 is 0 Å². The molecule has 3 heterocycles. The summed E-state index contributed by atoms with van der Waals surface area (Å²) < 4.78 is 0.672. The van der Waals surface area contributed by atoms with Crippen LogP contribution in [0, 0.1) is 16.5 Å². The number of carbonyl (C=O) groups is 2. The van der Waals surface area contributed by atoms with Crippen LogP contribution in [0.15, 0.2) is 24.5 Å². The van der Waals surface area contributed by atoms with Crippen LogP contribution in [-0.2, 0) is 4.79 Å². The van der Waals surface area contributed by atoms with Crippen LogP contribution < -0.4 is 4.73 Å². The Kier molecular flexibility index (Phi) is 4.13. The first-order valence-electron chi connectivity index (χ1n) is 9.35. The van der Waals surface area contributed by atoms with Gasteiger partial charge in [-0.05, 0) is 38.0 Å². The summed E-state index contributed by atoms with van der Waals surface area (Å²) >= 11 is 0. The van der Waals surface area contributed by atoms with E-state index < -0.39 is 0 Å². The quantitative estimate of drug-likeness (QED) is 0.618. The number of piperidine rings is 1. The Labute approximate surface area is 148 Å². The molecule has 1 aromatic heterocycles. The zero-order chi connectivity index (χ0) is 17.4.